The van der Waals surface area contributed by atoms with Crippen LogP contribution in [-0.2, 0) is 4.74 Å². The van der Waals surface area contributed by atoms with E-state index in [4.69, 9.17) is 33.7 Å². The Bertz CT molecular complexity index is 621. The molecule has 3 rings (SSSR count). The van der Waals surface area contributed by atoms with Gasteiger partial charge < -0.3 is 10.5 Å². The van der Waals surface area contributed by atoms with Gasteiger partial charge in [-0.15, -0.1) is 0 Å². The van der Waals surface area contributed by atoms with Gasteiger partial charge in [-0.05, 0) is 30.5 Å². The Morgan fingerprint density at radius 3 is 2.85 bits per heavy atom. The number of nitrogens with one attached hydrogen (secondary N) is 1. The fourth-order valence-electron chi connectivity index (χ4n) is 2.59. The van der Waals surface area contributed by atoms with Crippen molar-refractivity contribution in [1.29, 1.82) is 0 Å². The first-order chi connectivity index (χ1) is 9.66. The van der Waals surface area contributed by atoms with E-state index in [2.05, 4.69) is 10.2 Å². The van der Waals surface area contributed by atoms with E-state index in [1.807, 2.05) is 12.1 Å². The van der Waals surface area contributed by atoms with E-state index < -0.39 is 0 Å². The second-order valence-electron chi connectivity index (χ2n) is 4.94. The zero-order valence-corrected chi connectivity index (χ0v) is 12.3. The van der Waals surface area contributed by atoms with Gasteiger partial charge in [0.2, 0.25) is 0 Å². The number of nitrogens with two attached hydrogens (primary N) is 1. The molecule has 0 radical (unpaired) electrons. The van der Waals surface area contributed by atoms with E-state index >= 15 is 0 Å². The molecule has 1 atom stereocenters. The molecule has 0 aliphatic carbocycles. The molecule has 2 aromatic rings. The third-order valence-corrected chi connectivity index (χ3v) is 4.34. The van der Waals surface area contributed by atoms with E-state index in [1.54, 1.807) is 6.07 Å². The molecule has 0 saturated carbocycles. The summed E-state index contributed by atoms with van der Waals surface area (Å²) in [5.41, 5.74) is 8.85. The summed E-state index contributed by atoms with van der Waals surface area (Å²) in [5.74, 6) is 0.766. The summed E-state index contributed by atoms with van der Waals surface area (Å²) >= 11 is 12.1. The highest BCUT2D eigenvalue weighted by Crippen LogP contribution is 2.37. The van der Waals surface area contributed by atoms with Crippen molar-refractivity contribution in [3.05, 3.63) is 33.9 Å². The number of nitrogens with zero attached hydrogens (tertiary/aromatic N) is 1. The predicted octanol–water partition coefficient (Wildman–Crippen LogP) is 3.86. The summed E-state index contributed by atoms with van der Waals surface area (Å²) in [4.78, 5) is 0. The van der Waals surface area contributed by atoms with E-state index in [0.29, 0.717) is 22.5 Å². The third kappa shape index (κ3) is 2.51. The number of H-pyrrole nitrogens is 1. The summed E-state index contributed by atoms with van der Waals surface area (Å²) in [6, 6.07) is 5.49. The summed E-state index contributed by atoms with van der Waals surface area (Å²) in [6.45, 7) is 1.51. The zero-order valence-electron chi connectivity index (χ0n) is 10.8. The van der Waals surface area contributed by atoms with Gasteiger partial charge in [0.15, 0.2) is 5.82 Å². The Labute approximate surface area is 127 Å². The number of hydrogen-bond donors (Lipinski definition) is 2. The summed E-state index contributed by atoms with van der Waals surface area (Å²) in [6.07, 6.45) is 2.11. The molecule has 4 nitrogen and oxygen atoms in total. The predicted molar refractivity (Wildman–Crippen MR) is 81.3 cm³/mol. The highest BCUT2D eigenvalue weighted by molar-refractivity contribution is 6.42. The minimum absolute atomic E-state index is 0.290. The maximum absolute atomic E-state index is 6.09. The van der Waals surface area contributed by atoms with Crippen molar-refractivity contribution in [2.45, 2.75) is 18.8 Å². The summed E-state index contributed by atoms with van der Waals surface area (Å²) in [5, 5.41) is 8.22. The number of nitrogen functional groups attached to an aromatic ring is 1. The van der Waals surface area contributed by atoms with E-state index in [0.717, 1.165) is 36.3 Å². The molecule has 0 amide bonds. The minimum atomic E-state index is 0.290. The lowest BCUT2D eigenvalue weighted by Crippen LogP contribution is -2.16. The van der Waals surface area contributed by atoms with E-state index in [-0.39, 0.29) is 5.92 Å². The first kappa shape index (κ1) is 13.7. The van der Waals surface area contributed by atoms with Gasteiger partial charge in [-0.2, -0.15) is 5.10 Å². The smallest absolute Gasteiger partial charge is 0.153 e. The average molecular weight is 312 g/mol. The van der Waals surface area contributed by atoms with Crippen LogP contribution in [0.5, 0.6) is 0 Å². The Kier molecular flexibility index (Phi) is 3.87. The van der Waals surface area contributed by atoms with Gasteiger partial charge in [-0.3, -0.25) is 5.10 Å². The average Bonchev–Trinajstić information content (AvgIpc) is 2.85. The molecule has 3 N–H and O–H groups in total. The summed E-state index contributed by atoms with van der Waals surface area (Å²) < 4.78 is 5.54. The first-order valence-electron chi connectivity index (χ1n) is 6.53. The van der Waals surface area contributed by atoms with Gasteiger partial charge in [0.25, 0.3) is 0 Å². The van der Waals surface area contributed by atoms with Crippen molar-refractivity contribution in [3.8, 4) is 11.1 Å². The topological polar surface area (TPSA) is 63.9 Å². The van der Waals surface area contributed by atoms with Gasteiger partial charge in [-0.25, -0.2) is 0 Å². The molecule has 1 aromatic heterocycles. The monoisotopic (exact) mass is 311 g/mol. The van der Waals surface area contributed by atoms with Crippen LogP contribution in [0.1, 0.15) is 24.5 Å². The van der Waals surface area contributed by atoms with Crippen molar-refractivity contribution in [3.63, 3.8) is 0 Å². The zero-order chi connectivity index (χ0) is 14.1. The Morgan fingerprint density at radius 1 is 1.30 bits per heavy atom. The molecule has 1 saturated heterocycles. The molecule has 0 bridgehead atoms. The van der Waals surface area contributed by atoms with Gasteiger partial charge >= 0.3 is 0 Å². The number of hydrogen-bond acceptors (Lipinski definition) is 3. The van der Waals surface area contributed by atoms with Crippen LogP contribution in [0.3, 0.4) is 0 Å². The summed E-state index contributed by atoms with van der Waals surface area (Å²) in [7, 11) is 0. The van der Waals surface area contributed by atoms with Gasteiger partial charge in [0, 0.05) is 18.1 Å². The third-order valence-electron chi connectivity index (χ3n) is 3.60. The van der Waals surface area contributed by atoms with Crippen LogP contribution >= 0.6 is 23.2 Å². The number of ether oxygens (including phenoxy) is 1. The van der Waals surface area contributed by atoms with Crippen LogP contribution in [0, 0.1) is 0 Å². The SMILES string of the molecule is Nc1n[nH]c(C2CCCOC2)c1-c1ccc(Cl)c(Cl)c1. The maximum atomic E-state index is 6.09. The Hall–Kier alpha value is -1.23. The van der Waals surface area contributed by atoms with Gasteiger partial charge in [0.05, 0.1) is 22.3 Å². The van der Waals surface area contributed by atoms with Crippen molar-refractivity contribution in [2.24, 2.45) is 0 Å². The quantitative estimate of drug-likeness (QED) is 0.885. The fourth-order valence-corrected chi connectivity index (χ4v) is 2.89. The van der Waals surface area contributed by atoms with Crippen molar-refractivity contribution >= 4 is 29.0 Å². The molecule has 1 aromatic carbocycles. The molecular formula is C14H15Cl2N3O. The van der Waals surface area contributed by atoms with Crippen LogP contribution in [0.15, 0.2) is 18.2 Å². The molecule has 1 unspecified atom stereocenters. The van der Waals surface area contributed by atoms with Crippen LogP contribution in [0.25, 0.3) is 11.1 Å². The highest BCUT2D eigenvalue weighted by Gasteiger charge is 2.24. The number of aromatic nitrogens is 2. The minimum Gasteiger partial charge on any atom is -0.382 e. The van der Waals surface area contributed by atoms with Gasteiger partial charge in [-0.1, -0.05) is 29.3 Å². The molecule has 106 valence electrons. The number of halogens is 2. The number of aromatic amines is 1. The van der Waals surface area contributed by atoms with E-state index in [9.17, 15) is 0 Å². The number of anilines is 1. The molecule has 20 heavy (non-hydrogen) atoms. The molecule has 0 spiro atoms. The second-order valence-corrected chi connectivity index (χ2v) is 5.75. The molecule has 6 heteroatoms. The molecule has 2 heterocycles. The Balaban J connectivity index is 2.03. The lowest BCUT2D eigenvalue weighted by atomic mass is 9.92. The number of benzene rings is 1. The molecular weight excluding hydrogens is 297 g/mol. The Morgan fingerprint density at radius 2 is 2.15 bits per heavy atom. The fraction of sp³-hybridized carbons (Fsp3) is 0.357. The molecule has 1 aliphatic heterocycles. The van der Waals surface area contributed by atoms with Crippen LogP contribution < -0.4 is 5.73 Å². The van der Waals surface area contributed by atoms with E-state index in [1.165, 1.54) is 0 Å². The highest BCUT2D eigenvalue weighted by atomic mass is 35.5. The van der Waals surface area contributed by atoms with Crippen LogP contribution in [-0.4, -0.2) is 23.4 Å². The number of rotatable bonds is 2. The van der Waals surface area contributed by atoms with Crippen LogP contribution in [0.4, 0.5) is 5.82 Å². The van der Waals surface area contributed by atoms with Gasteiger partial charge in [0.1, 0.15) is 0 Å². The maximum Gasteiger partial charge on any atom is 0.153 e. The first-order valence-corrected chi connectivity index (χ1v) is 7.29. The largest absolute Gasteiger partial charge is 0.382 e. The van der Waals surface area contributed by atoms with Crippen molar-refractivity contribution in [2.75, 3.05) is 18.9 Å². The van der Waals surface area contributed by atoms with Crippen molar-refractivity contribution < 1.29 is 4.74 Å². The van der Waals surface area contributed by atoms with Crippen molar-refractivity contribution in [1.82, 2.24) is 10.2 Å². The molecule has 1 fully saturated rings. The normalized spacial score (nSPS) is 19.2. The van der Waals surface area contributed by atoms with Crippen LogP contribution in [0.2, 0.25) is 10.0 Å². The lowest BCUT2D eigenvalue weighted by Gasteiger charge is -2.22. The molecule has 1 aliphatic rings. The standard InChI is InChI=1S/C14H15Cl2N3O/c15-10-4-3-8(6-11(10)16)12-13(18-19-14(12)17)9-2-1-5-20-7-9/h3-4,6,9H,1-2,5,7H2,(H3,17,18,19). The second kappa shape index (κ2) is 5.64. The lowest BCUT2D eigenvalue weighted by molar-refractivity contribution is 0.0794.